The van der Waals surface area contributed by atoms with Crippen molar-refractivity contribution in [3.63, 3.8) is 0 Å². The van der Waals surface area contributed by atoms with E-state index in [-0.39, 0.29) is 5.97 Å². The van der Waals surface area contributed by atoms with E-state index in [2.05, 4.69) is 10.6 Å². The number of para-hydroxylation sites is 1. The van der Waals surface area contributed by atoms with E-state index in [9.17, 15) is 4.79 Å². The van der Waals surface area contributed by atoms with E-state index < -0.39 is 0 Å². The number of hydrogen-bond acceptors (Lipinski definition) is 2. The van der Waals surface area contributed by atoms with Crippen molar-refractivity contribution in [2.45, 2.75) is 19.8 Å². The van der Waals surface area contributed by atoms with Gasteiger partial charge in [-0.3, -0.25) is 0 Å². The summed E-state index contributed by atoms with van der Waals surface area (Å²) in [6.45, 7) is 2.17. The number of carbonyl (C=O) groups is 1. The molecule has 0 spiro atoms. The largest absolute Gasteiger partial charge is 0.463 e. The molecule has 0 aliphatic heterocycles. The standard InChI is InChI=1S/C16H16ClNO2/c1-3-20-16(19)11-8-9-13-14(15(11)17)10-6-4-5-7-12(10)18(13)2/h4-7H,3,8-9H2,1-2H3. The Morgan fingerprint density at radius 2 is 2.10 bits per heavy atom. The van der Waals surface area contributed by atoms with Crippen LogP contribution in [0.1, 0.15) is 24.6 Å². The summed E-state index contributed by atoms with van der Waals surface area (Å²) < 4.78 is 7.26. The molecule has 0 radical (unpaired) electrons. The number of aromatic nitrogens is 1. The van der Waals surface area contributed by atoms with E-state index in [1.54, 1.807) is 6.92 Å². The van der Waals surface area contributed by atoms with Crippen LogP contribution >= 0.6 is 11.6 Å². The molecule has 0 atom stereocenters. The molecule has 1 aliphatic rings. The van der Waals surface area contributed by atoms with Crippen LogP contribution in [0.2, 0.25) is 0 Å². The summed E-state index contributed by atoms with van der Waals surface area (Å²) in [6, 6.07) is 8.12. The molecule has 20 heavy (non-hydrogen) atoms. The third-order valence-electron chi connectivity index (χ3n) is 3.85. The highest BCUT2D eigenvalue weighted by atomic mass is 35.5. The van der Waals surface area contributed by atoms with Gasteiger partial charge in [0.2, 0.25) is 0 Å². The Hall–Kier alpha value is -1.74. The molecule has 0 saturated heterocycles. The van der Waals surface area contributed by atoms with E-state index in [1.165, 1.54) is 5.69 Å². The third-order valence-corrected chi connectivity index (χ3v) is 4.26. The minimum absolute atomic E-state index is 0.295. The molecule has 3 rings (SSSR count). The van der Waals surface area contributed by atoms with E-state index >= 15 is 0 Å². The second kappa shape index (κ2) is 4.98. The number of fused-ring (bicyclic) bond motifs is 3. The van der Waals surface area contributed by atoms with Gasteiger partial charge in [-0.2, -0.15) is 0 Å². The number of esters is 1. The molecule has 1 heterocycles. The normalized spacial score (nSPS) is 14.6. The van der Waals surface area contributed by atoms with Gasteiger partial charge in [-0.25, -0.2) is 4.79 Å². The van der Waals surface area contributed by atoms with E-state index in [0.717, 1.165) is 22.9 Å². The Morgan fingerprint density at radius 1 is 1.35 bits per heavy atom. The van der Waals surface area contributed by atoms with Crippen molar-refractivity contribution in [3.05, 3.63) is 41.1 Å². The number of aryl methyl sites for hydroxylation is 1. The van der Waals surface area contributed by atoms with Crippen molar-refractivity contribution in [2.24, 2.45) is 7.05 Å². The number of benzene rings is 1. The topological polar surface area (TPSA) is 31.2 Å². The molecule has 2 aromatic rings. The molecule has 1 aliphatic carbocycles. The molecular formula is C16H16ClNO2. The number of rotatable bonds is 2. The van der Waals surface area contributed by atoms with Crippen LogP contribution in [0.3, 0.4) is 0 Å². The molecule has 0 unspecified atom stereocenters. The van der Waals surface area contributed by atoms with Crippen molar-refractivity contribution >= 4 is 33.5 Å². The van der Waals surface area contributed by atoms with Gasteiger partial charge in [0.1, 0.15) is 0 Å². The molecule has 0 saturated carbocycles. The highest BCUT2D eigenvalue weighted by molar-refractivity contribution is 6.52. The maximum absolute atomic E-state index is 12.0. The zero-order chi connectivity index (χ0) is 14.3. The van der Waals surface area contributed by atoms with Crippen molar-refractivity contribution < 1.29 is 9.53 Å². The number of ether oxygens (including phenoxy) is 1. The SMILES string of the molecule is CCOC(=O)C1=C(Cl)c2c(n(C)c3ccccc23)CC1. The first kappa shape index (κ1) is 13.3. The van der Waals surface area contributed by atoms with Crippen molar-refractivity contribution in [1.29, 1.82) is 0 Å². The van der Waals surface area contributed by atoms with Gasteiger partial charge in [-0.15, -0.1) is 0 Å². The predicted octanol–water partition coefficient (Wildman–Crippen LogP) is 3.64. The van der Waals surface area contributed by atoms with Crippen LogP contribution in [-0.2, 0) is 23.0 Å². The number of nitrogens with zero attached hydrogens (tertiary/aromatic N) is 1. The molecule has 4 heteroatoms. The van der Waals surface area contributed by atoms with Crippen LogP contribution in [0, 0.1) is 0 Å². The smallest absolute Gasteiger partial charge is 0.335 e. The highest BCUT2D eigenvalue weighted by Crippen LogP contribution is 2.40. The van der Waals surface area contributed by atoms with Gasteiger partial charge in [-0.05, 0) is 25.8 Å². The van der Waals surface area contributed by atoms with Crippen LogP contribution in [-0.4, -0.2) is 17.1 Å². The van der Waals surface area contributed by atoms with Gasteiger partial charge >= 0.3 is 5.97 Å². The molecule has 0 bridgehead atoms. The summed E-state index contributed by atoms with van der Waals surface area (Å²) in [7, 11) is 2.04. The summed E-state index contributed by atoms with van der Waals surface area (Å²) in [6.07, 6.45) is 1.44. The van der Waals surface area contributed by atoms with Crippen molar-refractivity contribution in [3.8, 4) is 0 Å². The summed E-state index contributed by atoms with van der Waals surface area (Å²) >= 11 is 6.50. The minimum atomic E-state index is -0.295. The monoisotopic (exact) mass is 289 g/mol. The van der Waals surface area contributed by atoms with Gasteiger partial charge in [0.25, 0.3) is 0 Å². The molecule has 0 amide bonds. The summed E-state index contributed by atoms with van der Waals surface area (Å²) in [5, 5.41) is 1.64. The Bertz CT molecular complexity index is 727. The quantitative estimate of drug-likeness (QED) is 0.791. The highest BCUT2D eigenvalue weighted by Gasteiger charge is 2.27. The van der Waals surface area contributed by atoms with Gasteiger partial charge in [0.05, 0.1) is 17.2 Å². The second-order valence-corrected chi connectivity index (χ2v) is 5.29. The molecule has 0 fully saturated rings. The summed E-state index contributed by atoms with van der Waals surface area (Å²) in [5.74, 6) is -0.295. The molecular weight excluding hydrogens is 274 g/mol. The van der Waals surface area contributed by atoms with Crippen molar-refractivity contribution in [1.82, 2.24) is 4.57 Å². The van der Waals surface area contributed by atoms with Gasteiger partial charge in [-0.1, -0.05) is 29.8 Å². The van der Waals surface area contributed by atoms with Gasteiger partial charge in [0, 0.05) is 29.2 Å². The number of hydrogen-bond donors (Lipinski definition) is 0. The first-order valence-corrected chi connectivity index (χ1v) is 7.15. The molecule has 0 N–H and O–H groups in total. The van der Waals surface area contributed by atoms with E-state index in [1.807, 2.05) is 25.2 Å². The van der Waals surface area contributed by atoms with Crippen molar-refractivity contribution in [2.75, 3.05) is 6.61 Å². The molecule has 3 nitrogen and oxygen atoms in total. The average molecular weight is 290 g/mol. The lowest BCUT2D eigenvalue weighted by molar-refractivity contribution is -0.138. The van der Waals surface area contributed by atoms with Crippen LogP contribution in [0.4, 0.5) is 0 Å². The Balaban J connectivity index is 2.23. The molecule has 1 aromatic carbocycles. The lowest BCUT2D eigenvalue weighted by Crippen LogP contribution is -2.14. The zero-order valence-corrected chi connectivity index (χ0v) is 12.3. The Kier molecular flexibility index (Phi) is 3.30. The van der Waals surface area contributed by atoms with Gasteiger partial charge < -0.3 is 9.30 Å². The first-order chi connectivity index (χ1) is 9.65. The zero-order valence-electron chi connectivity index (χ0n) is 11.6. The maximum atomic E-state index is 12.0. The lowest BCUT2D eigenvalue weighted by atomic mass is 9.95. The van der Waals surface area contributed by atoms with Crippen LogP contribution in [0.5, 0.6) is 0 Å². The summed E-state index contributed by atoms with van der Waals surface area (Å²) in [4.78, 5) is 12.0. The fourth-order valence-corrected chi connectivity index (χ4v) is 3.28. The molecule has 104 valence electrons. The van der Waals surface area contributed by atoms with Gasteiger partial charge in [0.15, 0.2) is 0 Å². The maximum Gasteiger partial charge on any atom is 0.335 e. The lowest BCUT2D eigenvalue weighted by Gasteiger charge is -2.17. The van der Waals surface area contributed by atoms with Crippen LogP contribution in [0.25, 0.3) is 15.9 Å². The number of carbonyl (C=O) groups excluding carboxylic acids is 1. The van der Waals surface area contributed by atoms with Crippen LogP contribution in [0.15, 0.2) is 29.8 Å². The fourth-order valence-electron chi connectivity index (χ4n) is 2.90. The van der Waals surface area contributed by atoms with E-state index in [0.29, 0.717) is 23.6 Å². The Morgan fingerprint density at radius 3 is 2.85 bits per heavy atom. The summed E-state index contributed by atoms with van der Waals surface area (Å²) in [5.41, 5.74) is 3.90. The van der Waals surface area contributed by atoms with E-state index in [4.69, 9.17) is 16.3 Å². The Labute approximate surface area is 122 Å². The third kappa shape index (κ3) is 1.85. The minimum Gasteiger partial charge on any atom is -0.463 e. The first-order valence-electron chi connectivity index (χ1n) is 6.77. The van der Waals surface area contributed by atoms with Crippen LogP contribution < -0.4 is 0 Å². The average Bonchev–Trinajstić information content (AvgIpc) is 2.74. The molecule has 1 aromatic heterocycles. The number of halogens is 1. The predicted molar refractivity (Wildman–Crippen MR) is 80.6 cm³/mol. The second-order valence-electron chi connectivity index (χ2n) is 4.91. The fraction of sp³-hybridized carbons (Fsp3) is 0.312.